The normalized spacial score (nSPS) is 32.1. The summed E-state index contributed by atoms with van der Waals surface area (Å²) < 4.78 is 38.8. The lowest BCUT2D eigenvalue weighted by atomic mass is 9.89. The molecule has 2 aliphatic rings. The van der Waals surface area contributed by atoms with Crippen LogP contribution in [0.5, 0.6) is 0 Å². The van der Waals surface area contributed by atoms with Gasteiger partial charge >= 0.3 is 0 Å². The van der Waals surface area contributed by atoms with Crippen molar-refractivity contribution >= 4 is 10.0 Å². The van der Waals surface area contributed by atoms with Crippen molar-refractivity contribution in [2.24, 2.45) is 5.92 Å². The molecule has 1 N–H and O–H groups in total. The fraction of sp³-hybridized carbons (Fsp3) is 1.00. The first-order valence-electron chi connectivity index (χ1n) is 7.29. The molecule has 2 heterocycles. The van der Waals surface area contributed by atoms with Crippen LogP contribution in [0.4, 0.5) is 4.39 Å². The van der Waals surface area contributed by atoms with Crippen LogP contribution in [0.3, 0.4) is 0 Å². The maximum Gasteiger partial charge on any atom is 0.211 e. The van der Waals surface area contributed by atoms with Crippen LogP contribution in [0.25, 0.3) is 0 Å². The van der Waals surface area contributed by atoms with Gasteiger partial charge in [0.25, 0.3) is 0 Å². The van der Waals surface area contributed by atoms with Gasteiger partial charge in [0.2, 0.25) is 10.0 Å². The Labute approximate surface area is 115 Å². The minimum absolute atomic E-state index is 0.0256. The Morgan fingerprint density at radius 2 is 2.11 bits per heavy atom. The molecule has 3 unspecified atom stereocenters. The predicted molar refractivity (Wildman–Crippen MR) is 74.3 cm³/mol. The van der Waals surface area contributed by atoms with Crippen LogP contribution in [-0.2, 0) is 10.0 Å². The second-order valence-corrected chi connectivity index (χ2v) is 7.92. The van der Waals surface area contributed by atoms with Crippen molar-refractivity contribution in [3.63, 3.8) is 0 Å². The molecule has 0 aromatic rings. The number of piperidine rings is 2. The second-order valence-electron chi connectivity index (χ2n) is 5.94. The average Bonchev–Trinajstić information content (AvgIpc) is 2.39. The van der Waals surface area contributed by atoms with Crippen LogP contribution in [0, 0.1) is 5.92 Å². The van der Waals surface area contributed by atoms with E-state index in [2.05, 4.69) is 5.32 Å². The molecule has 112 valence electrons. The molecule has 0 aromatic heterocycles. The first kappa shape index (κ1) is 15.2. The predicted octanol–water partition coefficient (Wildman–Crippen LogP) is 1.53. The zero-order chi connectivity index (χ0) is 13.9. The molecule has 0 aliphatic carbocycles. The van der Waals surface area contributed by atoms with E-state index in [4.69, 9.17) is 0 Å². The summed E-state index contributed by atoms with van der Waals surface area (Å²) in [6, 6.07) is -0.0256. The quantitative estimate of drug-likeness (QED) is 0.855. The Balaban J connectivity index is 1.84. The lowest BCUT2D eigenvalue weighted by Gasteiger charge is -2.34. The molecule has 3 atom stereocenters. The molecule has 4 nitrogen and oxygen atoms in total. The number of nitrogens with zero attached hydrogens (tertiary/aromatic N) is 1. The highest BCUT2D eigenvalue weighted by atomic mass is 32.2. The van der Waals surface area contributed by atoms with E-state index < -0.39 is 16.2 Å². The number of nitrogens with one attached hydrogen (secondary N) is 1. The van der Waals surface area contributed by atoms with E-state index in [9.17, 15) is 12.8 Å². The van der Waals surface area contributed by atoms with Gasteiger partial charge < -0.3 is 5.32 Å². The van der Waals surface area contributed by atoms with Gasteiger partial charge in [-0.2, -0.15) is 0 Å². The van der Waals surface area contributed by atoms with E-state index >= 15 is 0 Å². The smallest absolute Gasteiger partial charge is 0.211 e. The summed E-state index contributed by atoms with van der Waals surface area (Å²) in [5.41, 5.74) is 0. The number of hydrogen-bond donors (Lipinski definition) is 1. The van der Waals surface area contributed by atoms with Crippen molar-refractivity contribution in [1.82, 2.24) is 9.62 Å². The van der Waals surface area contributed by atoms with Crippen LogP contribution in [-0.4, -0.2) is 50.8 Å². The summed E-state index contributed by atoms with van der Waals surface area (Å²) in [6.45, 7) is 1.99. The highest BCUT2D eigenvalue weighted by Crippen LogP contribution is 2.26. The SMILES string of the molecule is CS(=O)(=O)N1CCCC(CC(F)C2CCCCN2)C1. The molecule has 0 spiro atoms. The number of sulfonamides is 1. The Morgan fingerprint density at radius 1 is 1.32 bits per heavy atom. The molecule has 0 saturated carbocycles. The Morgan fingerprint density at radius 3 is 2.74 bits per heavy atom. The Bertz CT molecular complexity index is 382. The maximum absolute atomic E-state index is 14.3. The van der Waals surface area contributed by atoms with Gasteiger partial charge in [-0.1, -0.05) is 6.42 Å². The molecular weight excluding hydrogens is 267 g/mol. The van der Waals surface area contributed by atoms with Crippen molar-refractivity contribution in [2.45, 2.75) is 50.7 Å². The highest BCUT2D eigenvalue weighted by molar-refractivity contribution is 7.88. The number of hydrogen-bond acceptors (Lipinski definition) is 3. The third kappa shape index (κ3) is 4.39. The summed E-state index contributed by atoms with van der Waals surface area (Å²) in [4.78, 5) is 0. The van der Waals surface area contributed by atoms with Crippen molar-refractivity contribution < 1.29 is 12.8 Å². The van der Waals surface area contributed by atoms with Gasteiger partial charge in [0, 0.05) is 19.1 Å². The van der Waals surface area contributed by atoms with E-state index in [-0.39, 0.29) is 12.0 Å². The second kappa shape index (κ2) is 6.50. The third-order valence-corrected chi connectivity index (χ3v) is 5.56. The maximum atomic E-state index is 14.3. The van der Waals surface area contributed by atoms with Gasteiger partial charge in [0.1, 0.15) is 6.17 Å². The van der Waals surface area contributed by atoms with Gasteiger partial charge in [0.05, 0.1) is 6.26 Å². The summed E-state index contributed by atoms with van der Waals surface area (Å²) in [5, 5.41) is 3.24. The van der Waals surface area contributed by atoms with Gasteiger partial charge in [-0.25, -0.2) is 17.1 Å². The third-order valence-electron chi connectivity index (χ3n) is 4.29. The van der Waals surface area contributed by atoms with E-state index in [1.807, 2.05) is 0 Å². The van der Waals surface area contributed by atoms with Crippen LogP contribution < -0.4 is 5.32 Å². The molecule has 6 heteroatoms. The molecule has 0 amide bonds. The molecule has 2 saturated heterocycles. The van der Waals surface area contributed by atoms with Crippen LogP contribution >= 0.6 is 0 Å². The van der Waals surface area contributed by atoms with Crippen molar-refractivity contribution in [2.75, 3.05) is 25.9 Å². The monoisotopic (exact) mass is 292 g/mol. The van der Waals surface area contributed by atoms with E-state index in [0.717, 1.165) is 38.6 Å². The molecule has 2 rings (SSSR count). The summed E-state index contributed by atoms with van der Waals surface area (Å²) >= 11 is 0. The van der Waals surface area contributed by atoms with Crippen molar-refractivity contribution in [3.05, 3.63) is 0 Å². The van der Waals surface area contributed by atoms with E-state index in [1.165, 1.54) is 10.6 Å². The fourth-order valence-corrected chi connectivity index (χ4v) is 4.13. The molecule has 0 aromatic carbocycles. The zero-order valence-electron chi connectivity index (χ0n) is 11.6. The van der Waals surface area contributed by atoms with E-state index in [1.54, 1.807) is 0 Å². The van der Waals surface area contributed by atoms with Gasteiger partial charge in [0.15, 0.2) is 0 Å². The number of halogens is 1. The van der Waals surface area contributed by atoms with Crippen LogP contribution in [0.1, 0.15) is 38.5 Å². The molecule has 19 heavy (non-hydrogen) atoms. The standard InChI is InChI=1S/C13H25FN2O2S/c1-19(17,18)16-8-4-5-11(10-16)9-12(14)13-6-2-3-7-15-13/h11-13,15H,2-10H2,1H3. The Hall–Kier alpha value is -0.200. The topological polar surface area (TPSA) is 49.4 Å². The molecule has 2 aliphatic heterocycles. The number of rotatable bonds is 4. The summed E-state index contributed by atoms with van der Waals surface area (Å²) in [7, 11) is -3.12. The first-order valence-corrected chi connectivity index (χ1v) is 9.14. The first-order chi connectivity index (χ1) is 8.97. The fourth-order valence-electron chi connectivity index (χ4n) is 3.19. The van der Waals surface area contributed by atoms with Crippen molar-refractivity contribution in [3.8, 4) is 0 Å². The van der Waals surface area contributed by atoms with Crippen LogP contribution in [0.15, 0.2) is 0 Å². The lowest BCUT2D eigenvalue weighted by molar-refractivity contribution is 0.154. The van der Waals surface area contributed by atoms with Crippen LogP contribution in [0.2, 0.25) is 0 Å². The zero-order valence-corrected chi connectivity index (χ0v) is 12.5. The largest absolute Gasteiger partial charge is 0.311 e. The lowest BCUT2D eigenvalue weighted by Crippen LogP contribution is -2.44. The molecular formula is C13H25FN2O2S. The van der Waals surface area contributed by atoms with Gasteiger partial charge in [-0.15, -0.1) is 0 Å². The van der Waals surface area contributed by atoms with Crippen molar-refractivity contribution in [1.29, 1.82) is 0 Å². The molecule has 0 radical (unpaired) electrons. The van der Waals surface area contributed by atoms with Gasteiger partial charge in [-0.05, 0) is 44.6 Å². The Kier molecular flexibility index (Phi) is 5.20. The van der Waals surface area contributed by atoms with E-state index in [0.29, 0.717) is 19.5 Å². The highest BCUT2D eigenvalue weighted by Gasteiger charge is 2.30. The van der Waals surface area contributed by atoms with Gasteiger partial charge in [-0.3, -0.25) is 0 Å². The summed E-state index contributed by atoms with van der Waals surface area (Å²) in [5.74, 6) is 0.169. The molecule has 2 fully saturated rings. The summed E-state index contributed by atoms with van der Waals surface area (Å²) in [6.07, 6.45) is 5.82. The number of alkyl halides is 1. The minimum atomic E-state index is -3.12. The average molecular weight is 292 g/mol. The molecule has 0 bridgehead atoms. The minimum Gasteiger partial charge on any atom is -0.311 e.